The molecule has 0 aromatic heterocycles. The van der Waals surface area contributed by atoms with E-state index in [-0.39, 0.29) is 6.61 Å². The summed E-state index contributed by atoms with van der Waals surface area (Å²) in [5, 5.41) is 0. The van der Waals surface area contributed by atoms with Gasteiger partial charge in [-0.1, -0.05) is 24.8 Å². The van der Waals surface area contributed by atoms with Gasteiger partial charge in [0.05, 0.1) is 0 Å². The van der Waals surface area contributed by atoms with Crippen LogP contribution in [0.15, 0.2) is 42.5 Å². The topological polar surface area (TPSA) is 35.5 Å². The molecule has 17 heavy (non-hydrogen) atoms. The molecule has 0 fully saturated rings. The number of ether oxygens (including phenoxy) is 2. The number of alkyl halides is 2. The van der Waals surface area contributed by atoms with Crippen molar-refractivity contribution in [1.82, 2.24) is 0 Å². The lowest BCUT2D eigenvalue weighted by molar-refractivity contribution is -0.142. The number of esters is 1. The highest BCUT2D eigenvalue weighted by atomic mass is 79.9. The minimum atomic E-state index is -1.05. The second kappa shape index (κ2) is 6.21. The highest BCUT2D eigenvalue weighted by molar-refractivity contribution is 9.25. The van der Waals surface area contributed by atoms with E-state index in [2.05, 4.69) is 38.4 Å². The molecule has 0 unspecified atom stereocenters. The Morgan fingerprint density at radius 2 is 1.94 bits per heavy atom. The molecule has 0 aliphatic rings. The molecule has 5 heteroatoms. The lowest BCUT2D eigenvalue weighted by Crippen LogP contribution is -2.28. The third-order valence-corrected chi connectivity index (χ3v) is 2.52. The van der Waals surface area contributed by atoms with Crippen LogP contribution in [0.4, 0.5) is 0 Å². The number of hydrogen-bond acceptors (Lipinski definition) is 3. The number of halogens is 2. The van der Waals surface area contributed by atoms with Gasteiger partial charge in [-0.2, -0.15) is 0 Å². The number of rotatable bonds is 5. The van der Waals surface area contributed by atoms with Crippen LogP contribution in [-0.2, 0) is 9.53 Å². The highest BCUT2D eigenvalue weighted by Crippen LogP contribution is 2.29. The molecule has 0 bridgehead atoms. The Labute approximate surface area is 117 Å². The molecular formula is C12H12Br2O3. The van der Waals surface area contributed by atoms with Crippen LogP contribution < -0.4 is 4.74 Å². The minimum absolute atomic E-state index is 0.135. The third kappa shape index (κ3) is 5.37. The monoisotopic (exact) mass is 362 g/mol. The van der Waals surface area contributed by atoms with Crippen molar-refractivity contribution in [2.24, 2.45) is 0 Å². The maximum atomic E-state index is 11.3. The van der Waals surface area contributed by atoms with Gasteiger partial charge in [0.2, 0.25) is 0 Å². The molecule has 1 rings (SSSR count). The lowest BCUT2D eigenvalue weighted by Gasteiger charge is -2.21. The Hall–Kier alpha value is -0.810. The number of para-hydroxylation sites is 1. The van der Waals surface area contributed by atoms with E-state index in [0.717, 1.165) is 0 Å². The highest BCUT2D eigenvalue weighted by Gasteiger charge is 2.29. The van der Waals surface area contributed by atoms with E-state index in [1.807, 2.05) is 30.3 Å². The summed E-state index contributed by atoms with van der Waals surface area (Å²) in [6, 6.07) is 9.25. The van der Waals surface area contributed by atoms with Crippen LogP contribution in [0.1, 0.15) is 6.92 Å². The van der Waals surface area contributed by atoms with E-state index in [4.69, 9.17) is 9.47 Å². The Bertz CT molecular complexity index is 401. The first-order chi connectivity index (χ1) is 7.91. The predicted octanol–water partition coefficient (Wildman–Crippen LogP) is 3.63. The second-order valence-corrected chi connectivity index (χ2v) is 7.04. The Morgan fingerprint density at radius 1 is 1.35 bits per heavy atom. The standard InChI is InChI=1S/C12H12Br2O3/c1-9(2)11(15)17-12(13,14)8-16-10-6-4-3-5-7-10/h3-7H,1,8H2,2H3. The first-order valence-corrected chi connectivity index (χ1v) is 6.44. The van der Waals surface area contributed by atoms with Gasteiger partial charge in [0, 0.05) is 5.57 Å². The van der Waals surface area contributed by atoms with Crippen molar-refractivity contribution in [3.05, 3.63) is 42.5 Å². The van der Waals surface area contributed by atoms with Gasteiger partial charge in [-0.05, 0) is 50.9 Å². The van der Waals surface area contributed by atoms with Crippen molar-refractivity contribution in [3.8, 4) is 5.75 Å². The fraction of sp³-hybridized carbons (Fsp3) is 0.250. The van der Waals surface area contributed by atoms with Crippen LogP contribution in [0, 0.1) is 0 Å². The van der Waals surface area contributed by atoms with Crippen molar-refractivity contribution in [1.29, 1.82) is 0 Å². The molecule has 1 aromatic carbocycles. The molecule has 0 aliphatic heterocycles. The van der Waals surface area contributed by atoms with E-state index >= 15 is 0 Å². The van der Waals surface area contributed by atoms with Crippen LogP contribution in [0.5, 0.6) is 5.75 Å². The van der Waals surface area contributed by atoms with Crippen molar-refractivity contribution >= 4 is 37.8 Å². The van der Waals surface area contributed by atoms with Crippen molar-refractivity contribution < 1.29 is 14.3 Å². The van der Waals surface area contributed by atoms with Gasteiger partial charge >= 0.3 is 5.97 Å². The van der Waals surface area contributed by atoms with Crippen molar-refractivity contribution in [2.75, 3.05) is 6.61 Å². The SMILES string of the molecule is C=C(C)C(=O)OC(Br)(Br)COc1ccccc1. The largest absolute Gasteiger partial charge is 0.487 e. The fourth-order valence-corrected chi connectivity index (χ4v) is 1.46. The molecule has 0 amide bonds. The summed E-state index contributed by atoms with van der Waals surface area (Å²) < 4.78 is 9.49. The number of carbonyl (C=O) groups is 1. The Balaban J connectivity index is 2.50. The zero-order valence-electron chi connectivity index (χ0n) is 9.28. The Kier molecular flexibility index (Phi) is 5.21. The molecule has 0 saturated carbocycles. The number of benzene rings is 1. The maximum absolute atomic E-state index is 11.3. The average molecular weight is 364 g/mol. The average Bonchev–Trinajstić information content (AvgIpc) is 2.27. The van der Waals surface area contributed by atoms with Gasteiger partial charge in [-0.25, -0.2) is 4.79 Å². The molecule has 0 atom stereocenters. The summed E-state index contributed by atoms with van der Waals surface area (Å²) in [6.45, 7) is 5.22. The summed E-state index contributed by atoms with van der Waals surface area (Å²) in [4.78, 5) is 11.3. The predicted molar refractivity (Wildman–Crippen MR) is 73.4 cm³/mol. The normalized spacial score (nSPS) is 10.8. The molecule has 0 aliphatic carbocycles. The minimum Gasteiger partial charge on any atom is -0.487 e. The zero-order chi connectivity index (χ0) is 12.9. The molecular weight excluding hydrogens is 352 g/mol. The summed E-state index contributed by atoms with van der Waals surface area (Å²) in [5.74, 6) is 0.206. The fourth-order valence-electron chi connectivity index (χ4n) is 0.936. The van der Waals surface area contributed by atoms with Gasteiger partial charge in [0.25, 0.3) is 3.42 Å². The van der Waals surface area contributed by atoms with Crippen LogP contribution >= 0.6 is 31.9 Å². The van der Waals surface area contributed by atoms with Crippen molar-refractivity contribution in [2.45, 2.75) is 10.3 Å². The van der Waals surface area contributed by atoms with Gasteiger partial charge in [-0.15, -0.1) is 0 Å². The Morgan fingerprint density at radius 3 is 2.47 bits per heavy atom. The summed E-state index contributed by atoms with van der Waals surface area (Å²) >= 11 is 6.43. The van der Waals surface area contributed by atoms with E-state index < -0.39 is 9.39 Å². The molecule has 1 aromatic rings. The van der Waals surface area contributed by atoms with Gasteiger partial charge in [-0.3, -0.25) is 0 Å². The van der Waals surface area contributed by atoms with E-state index in [1.165, 1.54) is 0 Å². The van der Waals surface area contributed by atoms with E-state index in [9.17, 15) is 4.79 Å². The molecule has 0 spiro atoms. The third-order valence-electron chi connectivity index (χ3n) is 1.74. The quantitative estimate of drug-likeness (QED) is 0.455. The molecule has 0 heterocycles. The second-order valence-electron chi connectivity index (χ2n) is 3.41. The van der Waals surface area contributed by atoms with Crippen LogP contribution in [0.25, 0.3) is 0 Å². The first-order valence-electron chi connectivity index (χ1n) is 4.85. The first kappa shape index (κ1) is 14.3. The molecule has 0 radical (unpaired) electrons. The zero-order valence-corrected chi connectivity index (χ0v) is 12.5. The molecule has 0 N–H and O–H groups in total. The smallest absolute Gasteiger partial charge is 0.335 e. The molecule has 3 nitrogen and oxygen atoms in total. The van der Waals surface area contributed by atoms with E-state index in [1.54, 1.807) is 6.92 Å². The van der Waals surface area contributed by atoms with Crippen molar-refractivity contribution in [3.63, 3.8) is 0 Å². The lowest BCUT2D eigenvalue weighted by atomic mass is 10.3. The van der Waals surface area contributed by atoms with E-state index in [0.29, 0.717) is 11.3 Å². The summed E-state index contributed by atoms with van der Waals surface area (Å²) in [6.07, 6.45) is 0. The number of carbonyl (C=O) groups excluding carboxylic acids is 1. The summed E-state index contributed by atoms with van der Waals surface area (Å²) in [5.41, 5.74) is 0.327. The van der Waals surface area contributed by atoms with Crippen LogP contribution in [0.3, 0.4) is 0 Å². The maximum Gasteiger partial charge on any atom is 0.335 e. The van der Waals surface area contributed by atoms with Gasteiger partial charge in [0.15, 0.2) is 0 Å². The number of hydrogen-bond donors (Lipinski definition) is 0. The van der Waals surface area contributed by atoms with Crippen LogP contribution in [-0.4, -0.2) is 16.0 Å². The molecule has 92 valence electrons. The molecule has 0 saturated heterocycles. The van der Waals surface area contributed by atoms with Gasteiger partial charge in [0.1, 0.15) is 12.4 Å². The van der Waals surface area contributed by atoms with Crippen LogP contribution in [0.2, 0.25) is 0 Å². The summed E-state index contributed by atoms with van der Waals surface area (Å²) in [7, 11) is 0. The van der Waals surface area contributed by atoms with Gasteiger partial charge < -0.3 is 9.47 Å².